The van der Waals surface area contributed by atoms with Gasteiger partial charge in [0.1, 0.15) is 12.4 Å². The Balaban J connectivity index is 1.56. The molecule has 0 saturated heterocycles. The van der Waals surface area contributed by atoms with Gasteiger partial charge in [-0.1, -0.05) is 47.5 Å². The second-order valence-electron chi connectivity index (χ2n) is 7.41. The minimum atomic E-state index is -0.850. The molecule has 2 amide bonds. The van der Waals surface area contributed by atoms with Gasteiger partial charge in [-0.2, -0.15) is 5.10 Å². The van der Waals surface area contributed by atoms with Crippen LogP contribution < -0.4 is 15.5 Å². The van der Waals surface area contributed by atoms with Gasteiger partial charge in [0.15, 0.2) is 0 Å². The van der Waals surface area contributed by atoms with E-state index in [0.29, 0.717) is 33.8 Å². The third-order valence-corrected chi connectivity index (χ3v) is 5.52. The molecule has 0 aliphatic carbocycles. The highest BCUT2D eigenvalue weighted by Crippen LogP contribution is 2.23. The number of amides is 2. The number of nitrogens with zero attached hydrogens (tertiary/aromatic N) is 1. The van der Waals surface area contributed by atoms with E-state index in [0.717, 1.165) is 22.3 Å². The SMILES string of the molecule is C/C(=N\NC(=O)C(=O)Nc1c(C)cccc1C)c1ccc(OCc2ccc(Cl)cc2Cl)cc1. The van der Waals surface area contributed by atoms with Crippen molar-refractivity contribution in [2.75, 3.05) is 5.32 Å². The highest BCUT2D eigenvalue weighted by atomic mass is 35.5. The first-order valence-electron chi connectivity index (χ1n) is 10.1. The number of hydrogen-bond acceptors (Lipinski definition) is 4. The van der Waals surface area contributed by atoms with Crippen molar-refractivity contribution in [2.24, 2.45) is 5.10 Å². The van der Waals surface area contributed by atoms with Crippen molar-refractivity contribution in [3.63, 3.8) is 0 Å². The number of hydrazone groups is 1. The minimum absolute atomic E-state index is 0.300. The van der Waals surface area contributed by atoms with Crippen molar-refractivity contribution in [3.05, 3.63) is 93.0 Å². The van der Waals surface area contributed by atoms with E-state index in [-0.39, 0.29) is 0 Å². The number of para-hydroxylation sites is 1. The number of nitrogens with one attached hydrogen (secondary N) is 2. The van der Waals surface area contributed by atoms with Crippen LogP contribution in [0.1, 0.15) is 29.2 Å². The lowest BCUT2D eigenvalue weighted by atomic mass is 10.1. The quantitative estimate of drug-likeness (QED) is 0.269. The summed E-state index contributed by atoms with van der Waals surface area (Å²) in [6.07, 6.45) is 0. The van der Waals surface area contributed by atoms with E-state index in [9.17, 15) is 9.59 Å². The smallest absolute Gasteiger partial charge is 0.329 e. The molecule has 33 heavy (non-hydrogen) atoms. The van der Waals surface area contributed by atoms with Gasteiger partial charge in [0, 0.05) is 21.3 Å². The maximum atomic E-state index is 12.2. The number of halogens is 2. The maximum Gasteiger partial charge on any atom is 0.329 e. The Bertz CT molecular complexity index is 1190. The van der Waals surface area contributed by atoms with E-state index in [2.05, 4.69) is 15.8 Å². The first-order valence-corrected chi connectivity index (χ1v) is 10.9. The fourth-order valence-electron chi connectivity index (χ4n) is 3.02. The molecule has 0 spiro atoms. The summed E-state index contributed by atoms with van der Waals surface area (Å²) in [6, 6.07) is 18.0. The molecule has 0 aromatic heterocycles. The molecule has 0 heterocycles. The van der Waals surface area contributed by atoms with Gasteiger partial charge in [0.25, 0.3) is 0 Å². The van der Waals surface area contributed by atoms with Crippen LogP contribution in [0.25, 0.3) is 0 Å². The Morgan fingerprint density at radius 2 is 1.61 bits per heavy atom. The van der Waals surface area contributed by atoms with Gasteiger partial charge < -0.3 is 10.1 Å². The topological polar surface area (TPSA) is 79.8 Å². The minimum Gasteiger partial charge on any atom is -0.489 e. The highest BCUT2D eigenvalue weighted by Gasteiger charge is 2.15. The second kappa shape index (κ2) is 11.0. The molecule has 0 bridgehead atoms. The van der Waals surface area contributed by atoms with Gasteiger partial charge in [0.05, 0.1) is 5.71 Å². The standard InChI is InChI=1S/C25H23Cl2N3O3/c1-15-5-4-6-16(2)23(15)28-24(31)25(32)30-29-17(3)18-8-11-21(12-9-18)33-14-19-7-10-20(26)13-22(19)27/h4-13H,14H2,1-3H3,(H,28,31)(H,30,32)/b29-17+. The zero-order chi connectivity index (χ0) is 24.0. The maximum absolute atomic E-state index is 12.2. The molecule has 0 aliphatic rings. The molecule has 0 radical (unpaired) electrons. The van der Waals surface area contributed by atoms with Gasteiger partial charge in [-0.25, -0.2) is 5.43 Å². The molecule has 0 fully saturated rings. The van der Waals surface area contributed by atoms with Gasteiger partial charge in [-0.05, 0) is 73.9 Å². The molecular formula is C25H23Cl2N3O3. The summed E-state index contributed by atoms with van der Waals surface area (Å²) in [5.74, 6) is -0.986. The molecule has 0 atom stereocenters. The summed E-state index contributed by atoms with van der Waals surface area (Å²) in [5.41, 5.74) is 6.78. The number of anilines is 1. The molecule has 170 valence electrons. The molecule has 0 unspecified atom stereocenters. The average Bonchev–Trinajstić information content (AvgIpc) is 2.79. The fourth-order valence-corrected chi connectivity index (χ4v) is 3.49. The number of hydrogen-bond donors (Lipinski definition) is 2. The van der Waals surface area contributed by atoms with Crippen molar-refractivity contribution in [2.45, 2.75) is 27.4 Å². The van der Waals surface area contributed by atoms with Crippen LogP contribution in [0.3, 0.4) is 0 Å². The lowest BCUT2D eigenvalue weighted by molar-refractivity contribution is -0.136. The predicted octanol–water partition coefficient (Wildman–Crippen LogP) is 5.67. The summed E-state index contributed by atoms with van der Waals surface area (Å²) in [5, 5.41) is 7.77. The number of benzene rings is 3. The lowest BCUT2D eigenvalue weighted by Crippen LogP contribution is -2.33. The van der Waals surface area contributed by atoms with Gasteiger partial charge >= 0.3 is 11.8 Å². The van der Waals surface area contributed by atoms with Crippen LogP contribution in [0.4, 0.5) is 5.69 Å². The summed E-state index contributed by atoms with van der Waals surface area (Å²) in [7, 11) is 0. The van der Waals surface area contributed by atoms with Crippen LogP contribution >= 0.6 is 23.2 Å². The largest absolute Gasteiger partial charge is 0.489 e. The molecule has 2 N–H and O–H groups in total. The van der Waals surface area contributed by atoms with Crippen LogP contribution in [-0.4, -0.2) is 17.5 Å². The Morgan fingerprint density at radius 1 is 0.939 bits per heavy atom. The Kier molecular flexibility index (Phi) is 8.09. The monoisotopic (exact) mass is 483 g/mol. The Labute approximate surface area is 202 Å². The number of carbonyl (C=O) groups excluding carboxylic acids is 2. The molecule has 3 aromatic rings. The third kappa shape index (κ3) is 6.57. The van der Waals surface area contributed by atoms with Crippen molar-refractivity contribution >= 4 is 46.4 Å². The average molecular weight is 484 g/mol. The summed E-state index contributed by atoms with van der Waals surface area (Å²) < 4.78 is 5.76. The van der Waals surface area contributed by atoms with Crippen molar-refractivity contribution in [1.29, 1.82) is 0 Å². The molecular weight excluding hydrogens is 461 g/mol. The van der Waals surface area contributed by atoms with Gasteiger partial charge in [0.2, 0.25) is 0 Å². The molecule has 8 heteroatoms. The van der Waals surface area contributed by atoms with Gasteiger partial charge in [-0.15, -0.1) is 0 Å². The van der Waals surface area contributed by atoms with E-state index < -0.39 is 11.8 Å². The van der Waals surface area contributed by atoms with Crippen LogP contribution in [0, 0.1) is 13.8 Å². The molecule has 6 nitrogen and oxygen atoms in total. The predicted molar refractivity (Wildman–Crippen MR) is 132 cm³/mol. The number of rotatable bonds is 6. The third-order valence-electron chi connectivity index (χ3n) is 4.93. The first-order chi connectivity index (χ1) is 15.7. The number of carbonyl (C=O) groups is 2. The van der Waals surface area contributed by atoms with Crippen molar-refractivity contribution in [1.82, 2.24) is 5.43 Å². The summed E-state index contributed by atoms with van der Waals surface area (Å²) >= 11 is 12.1. The van der Waals surface area contributed by atoms with Crippen LogP contribution in [0.5, 0.6) is 5.75 Å². The van der Waals surface area contributed by atoms with Crippen LogP contribution in [0.15, 0.2) is 65.8 Å². The first kappa shape index (κ1) is 24.3. The molecule has 3 aromatic carbocycles. The Morgan fingerprint density at radius 3 is 2.24 bits per heavy atom. The van der Waals surface area contributed by atoms with Crippen molar-refractivity contribution in [3.8, 4) is 5.75 Å². The highest BCUT2D eigenvalue weighted by molar-refractivity contribution is 6.39. The molecule has 0 saturated carbocycles. The zero-order valence-electron chi connectivity index (χ0n) is 18.4. The van der Waals surface area contributed by atoms with Gasteiger partial charge in [-0.3, -0.25) is 9.59 Å². The molecule has 0 aliphatic heterocycles. The lowest BCUT2D eigenvalue weighted by Gasteiger charge is -2.11. The van der Waals surface area contributed by atoms with Crippen LogP contribution in [0.2, 0.25) is 10.0 Å². The van der Waals surface area contributed by atoms with E-state index in [4.69, 9.17) is 27.9 Å². The van der Waals surface area contributed by atoms with E-state index in [1.807, 2.05) is 38.1 Å². The fraction of sp³-hybridized carbons (Fsp3) is 0.160. The summed E-state index contributed by atoms with van der Waals surface area (Å²) in [6.45, 7) is 5.75. The van der Waals surface area contributed by atoms with E-state index >= 15 is 0 Å². The number of ether oxygens (including phenoxy) is 1. The van der Waals surface area contributed by atoms with E-state index in [1.54, 1.807) is 43.3 Å². The Hall–Kier alpha value is -3.35. The molecule has 3 rings (SSSR count). The number of aryl methyl sites for hydroxylation is 2. The normalized spacial score (nSPS) is 11.1. The van der Waals surface area contributed by atoms with E-state index in [1.165, 1.54) is 0 Å². The zero-order valence-corrected chi connectivity index (χ0v) is 19.9. The summed E-state index contributed by atoms with van der Waals surface area (Å²) in [4.78, 5) is 24.4. The van der Waals surface area contributed by atoms with Crippen molar-refractivity contribution < 1.29 is 14.3 Å². The second-order valence-corrected chi connectivity index (χ2v) is 8.25. The van der Waals surface area contributed by atoms with Crippen LogP contribution in [-0.2, 0) is 16.2 Å².